The molecule has 1 aliphatic carbocycles. The van der Waals surface area contributed by atoms with Gasteiger partial charge in [-0.25, -0.2) is 0 Å². The summed E-state index contributed by atoms with van der Waals surface area (Å²) >= 11 is 0. The second kappa shape index (κ2) is 7.64. The lowest BCUT2D eigenvalue weighted by atomic mass is 10.1. The lowest BCUT2D eigenvalue weighted by molar-refractivity contribution is -0.116. The summed E-state index contributed by atoms with van der Waals surface area (Å²) in [4.78, 5) is 16.9. The molecule has 1 saturated heterocycles. The van der Waals surface area contributed by atoms with Crippen molar-refractivity contribution in [3.8, 4) is 5.75 Å². The van der Waals surface area contributed by atoms with E-state index in [9.17, 15) is 4.79 Å². The molecule has 1 aliphatic heterocycles. The molecule has 0 amide bonds. The van der Waals surface area contributed by atoms with Crippen molar-refractivity contribution in [1.29, 1.82) is 0 Å². The van der Waals surface area contributed by atoms with Gasteiger partial charge in [-0.1, -0.05) is 18.2 Å². The number of piperazine rings is 1. The summed E-state index contributed by atoms with van der Waals surface area (Å²) in [6, 6.07) is 8.18. The van der Waals surface area contributed by atoms with Gasteiger partial charge in [-0.05, 0) is 37.0 Å². The topological polar surface area (TPSA) is 32.8 Å². The Hall–Kier alpha value is -1.81. The van der Waals surface area contributed by atoms with Gasteiger partial charge in [-0.15, -0.1) is 0 Å². The molecule has 23 heavy (non-hydrogen) atoms. The normalized spacial score (nSPS) is 18.8. The van der Waals surface area contributed by atoms with Gasteiger partial charge >= 0.3 is 0 Å². The predicted octanol–water partition coefficient (Wildman–Crippen LogP) is 2.89. The van der Waals surface area contributed by atoms with Crippen molar-refractivity contribution in [1.82, 2.24) is 4.90 Å². The minimum absolute atomic E-state index is 0.356. The van der Waals surface area contributed by atoms with Crippen molar-refractivity contribution < 1.29 is 9.53 Å². The molecular weight excluding hydrogens is 288 g/mol. The minimum atomic E-state index is 0.356. The number of para-hydroxylation sites is 2. The summed E-state index contributed by atoms with van der Waals surface area (Å²) in [6.45, 7) is 4.86. The highest BCUT2D eigenvalue weighted by atomic mass is 16.5. The number of Topliss-reactive ketones (excluding diaryl/α,β-unsaturated/α-hetero) is 1. The van der Waals surface area contributed by atoms with Gasteiger partial charge in [-0.2, -0.15) is 0 Å². The first-order valence-electron chi connectivity index (χ1n) is 8.60. The number of carbonyl (C=O) groups is 1. The van der Waals surface area contributed by atoms with E-state index in [0.717, 1.165) is 63.3 Å². The second-order valence-electron chi connectivity index (χ2n) is 6.30. The monoisotopic (exact) mass is 314 g/mol. The summed E-state index contributed by atoms with van der Waals surface area (Å²) in [7, 11) is 1.72. The highest BCUT2D eigenvalue weighted by molar-refractivity contribution is 5.95. The van der Waals surface area contributed by atoms with Crippen molar-refractivity contribution in [2.75, 3.05) is 44.7 Å². The predicted molar refractivity (Wildman–Crippen MR) is 93.2 cm³/mol. The van der Waals surface area contributed by atoms with Crippen LogP contribution in [0.2, 0.25) is 0 Å². The molecule has 1 heterocycles. The number of allylic oxidation sites excluding steroid dienone is 2. The molecule has 4 nitrogen and oxygen atoms in total. The van der Waals surface area contributed by atoms with Crippen molar-refractivity contribution in [3.05, 3.63) is 35.9 Å². The van der Waals surface area contributed by atoms with E-state index >= 15 is 0 Å². The van der Waals surface area contributed by atoms with Crippen LogP contribution in [0.5, 0.6) is 5.75 Å². The Morgan fingerprint density at radius 1 is 1.17 bits per heavy atom. The van der Waals surface area contributed by atoms with Crippen LogP contribution in [0.1, 0.15) is 25.7 Å². The van der Waals surface area contributed by atoms with Gasteiger partial charge in [0.2, 0.25) is 0 Å². The summed E-state index contributed by atoms with van der Waals surface area (Å²) in [6.07, 6.45) is 6.01. The Labute approximate surface area is 138 Å². The summed E-state index contributed by atoms with van der Waals surface area (Å²) in [5.74, 6) is 1.29. The molecule has 0 aromatic heterocycles. The summed E-state index contributed by atoms with van der Waals surface area (Å²) in [5, 5.41) is 0. The molecule has 0 unspecified atom stereocenters. The fourth-order valence-electron chi connectivity index (χ4n) is 3.45. The molecule has 0 radical (unpaired) electrons. The van der Waals surface area contributed by atoms with Crippen LogP contribution < -0.4 is 9.64 Å². The molecule has 1 aromatic carbocycles. The molecule has 0 bridgehead atoms. The molecule has 0 atom stereocenters. The molecule has 2 aliphatic rings. The van der Waals surface area contributed by atoms with Crippen LogP contribution >= 0.6 is 0 Å². The van der Waals surface area contributed by atoms with Crippen LogP contribution in [0.3, 0.4) is 0 Å². The fraction of sp³-hybridized carbons (Fsp3) is 0.526. The van der Waals surface area contributed by atoms with Crippen LogP contribution in [-0.2, 0) is 4.79 Å². The van der Waals surface area contributed by atoms with Gasteiger partial charge in [0.15, 0.2) is 5.78 Å². The van der Waals surface area contributed by atoms with Crippen LogP contribution in [0.25, 0.3) is 0 Å². The van der Waals surface area contributed by atoms with Crippen LogP contribution in [0, 0.1) is 0 Å². The number of ketones is 1. The minimum Gasteiger partial charge on any atom is -0.495 e. The number of anilines is 1. The molecule has 0 spiro atoms. The van der Waals surface area contributed by atoms with Gasteiger partial charge in [0, 0.05) is 39.1 Å². The number of hydrogen-bond acceptors (Lipinski definition) is 4. The molecule has 0 N–H and O–H groups in total. The van der Waals surface area contributed by atoms with Crippen molar-refractivity contribution in [2.24, 2.45) is 0 Å². The van der Waals surface area contributed by atoms with E-state index in [-0.39, 0.29) is 0 Å². The zero-order valence-electron chi connectivity index (χ0n) is 14.0. The number of nitrogens with zero attached hydrogens (tertiary/aromatic N) is 2. The number of ether oxygens (including phenoxy) is 1. The lowest BCUT2D eigenvalue weighted by Crippen LogP contribution is -2.47. The first-order chi connectivity index (χ1) is 11.3. The molecule has 3 rings (SSSR count). The van der Waals surface area contributed by atoms with Crippen LogP contribution in [0.4, 0.5) is 5.69 Å². The number of methoxy groups -OCH3 is 1. The quantitative estimate of drug-likeness (QED) is 0.808. The van der Waals surface area contributed by atoms with E-state index < -0.39 is 0 Å². The van der Waals surface area contributed by atoms with Crippen molar-refractivity contribution >= 4 is 11.5 Å². The van der Waals surface area contributed by atoms with Crippen LogP contribution in [0.15, 0.2) is 35.9 Å². The number of hydrogen-bond donors (Lipinski definition) is 0. The highest BCUT2D eigenvalue weighted by Gasteiger charge is 2.20. The molecule has 1 aromatic rings. The molecule has 124 valence electrons. The summed E-state index contributed by atoms with van der Waals surface area (Å²) < 4.78 is 5.46. The SMILES string of the molecule is COc1ccccc1N1CCN(CCC(=O)C2=CCCC2)CC1. The van der Waals surface area contributed by atoms with Gasteiger partial charge in [-0.3, -0.25) is 9.69 Å². The molecule has 4 heteroatoms. The maximum absolute atomic E-state index is 12.1. The third kappa shape index (κ3) is 3.94. The standard InChI is InChI=1S/C19H26N2O2/c1-23-19-9-5-4-8-17(19)21-14-12-20(13-15-21)11-10-18(22)16-6-2-3-7-16/h4-6,8-9H,2-3,7,10-15H2,1H3. The first-order valence-corrected chi connectivity index (χ1v) is 8.60. The highest BCUT2D eigenvalue weighted by Crippen LogP contribution is 2.28. The Bertz CT molecular complexity index is 574. The molecule has 1 fully saturated rings. The van der Waals surface area contributed by atoms with Gasteiger partial charge in [0.25, 0.3) is 0 Å². The van der Waals surface area contributed by atoms with E-state index in [1.165, 1.54) is 5.69 Å². The van der Waals surface area contributed by atoms with Crippen molar-refractivity contribution in [3.63, 3.8) is 0 Å². The average molecular weight is 314 g/mol. The third-order valence-corrected chi connectivity index (χ3v) is 4.85. The van der Waals surface area contributed by atoms with Gasteiger partial charge < -0.3 is 9.64 Å². The van der Waals surface area contributed by atoms with Gasteiger partial charge in [0.05, 0.1) is 12.8 Å². The Balaban J connectivity index is 1.47. The first kappa shape index (κ1) is 16.1. The zero-order chi connectivity index (χ0) is 16.1. The van der Waals surface area contributed by atoms with Gasteiger partial charge in [0.1, 0.15) is 5.75 Å². The smallest absolute Gasteiger partial charge is 0.159 e. The third-order valence-electron chi connectivity index (χ3n) is 4.85. The largest absolute Gasteiger partial charge is 0.495 e. The number of rotatable bonds is 6. The zero-order valence-corrected chi connectivity index (χ0v) is 14.0. The lowest BCUT2D eigenvalue weighted by Gasteiger charge is -2.36. The summed E-state index contributed by atoms with van der Waals surface area (Å²) in [5.41, 5.74) is 2.24. The average Bonchev–Trinajstić information content (AvgIpc) is 3.15. The molecule has 0 saturated carbocycles. The Morgan fingerprint density at radius 3 is 2.65 bits per heavy atom. The maximum atomic E-state index is 12.1. The molecular formula is C19H26N2O2. The Kier molecular flexibility index (Phi) is 5.34. The van der Waals surface area contributed by atoms with E-state index in [1.54, 1.807) is 7.11 Å². The van der Waals surface area contributed by atoms with E-state index in [4.69, 9.17) is 4.74 Å². The van der Waals surface area contributed by atoms with Crippen LogP contribution in [-0.4, -0.2) is 50.5 Å². The second-order valence-corrected chi connectivity index (χ2v) is 6.30. The Morgan fingerprint density at radius 2 is 1.96 bits per heavy atom. The fourth-order valence-corrected chi connectivity index (χ4v) is 3.45. The van der Waals surface area contributed by atoms with E-state index in [1.807, 2.05) is 12.1 Å². The van der Waals surface area contributed by atoms with E-state index in [2.05, 4.69) is 28.0 Å². The van der Waals surface area contributed by atoms with Crippen molar-refractivity contribution in [2.45, 2.75) is 25.7 Å². The van der Waals surface area contributed by atoms with E-state index in [0.29, 0.717) is 12.2 Å². The number of benzene rings is 1. The number of carbonyl (C=O) groups excluding carboxylic acids is 1. The maximum Gasteiger partial charge on any atom is 0.159 e.